The van der Waals surface area contributed by atoms with Gasteiger partial charge in [-0.2, -0.15) is 0 Å². The molecule has 0 fully saturated rings. The number of fused-ring (bicyclic) bond motifs is 1. The number of nitrogens with zero attached hydrogens (tertiary/aromatic N) is 1. The monoisotopic (exact) mass is 235 g/mol. The topological polar surface area (TPSA) is 21.6 Å². The van der Waals surface area contributed by atoms with Crippen LogP contribution in [0.3, 0.4) is 0 Å². The van der Waals surface area contributed by atoms with Gasteiger partial charge in [-0.05, 0) is 11.6 Å². The second-order valence-electron chi connectivity index (χ2n) is 4.19. The van der Waals surface area contributed by atoms with E-state index >= 15 is 0 Å². The molecule has 3 rings (SSSR count). The van der Waals surface area contributed by atoms with Crippen LogP contribution in [0.4, 0.5) is 5.69 Å². The zero-order valence-corrected chi connectivity index (χ0v) is 9.97. The summed E-state index contributed by atoms with van der Waals surface area (Å²) in [6.45, 7) is 4.55. The first kappa shape index (κ1) is 10.8. The maximum absolute atomic E-state index is 5.73. The van der Waals surface area contributed by atoms with Crippen molar-refractivity contribution in [2.45, 2.75) is 6.61 Å². The Kier molecular flexibility index (Phi) is 2.69. The summed E-state index contributed by atoms with van der Waals surface area (Å²) in [6, 6.07) is 18.0. The molecule has 0 spiro atoms. The quantitative estimate of drug-likeness (QED) is 0.772. The SMILES string of the molecule is C=C1C(OCc2ccccc2)=Nc2ccccc21. The minimum absolute atomic E-state index is 0.521. The van der Waals surface area contributed by atoms with Gasteiger partial charge in [-0.25, -0.2) is 4.99 Å². The summed E-state index contributed by atoms with van der Waals surface area (Å²) in [4.78, 5) is 4.44. The fourth-order valence-electron chi connectivity index (χ4n) is 1.96. The van der Waals surface area contributed by atoms with Gasteiger partial charge in [-0.1, -0.05) is 55.1 Å². The summed E-state index contributed by atoms with van der Waals surface area (Å²) < 4.78 is 5.73. The second-order valence-corrected chi connectivity index (χ2v) is 4.19. The number of benzene rings is 2. The molecule has 0 amide bonds. The van der Waals surface area contributed by atoms with Crippen molar-refractivity contribution in [3.63, 3.8) is 0 Å². The molecule has 0 aromatic heterocycles. The molecule has 0 unspecified atom stereocenters. The van der Waals surface area contributed by atoms with Crippen molar-refractivity contribution in [2.24, 2.45) is 4.99 Å². The minimum atomic E-state index is 0.521. The molecule has 1 aliphatic heterocycles. The Hall–Kier alpha value is -2.35. The molecule has 1 heterocycles. The highest BCUT2D eigenvalue weighted by Crippen LogP contribution is 2.33. The van der Waals surface area contributed by atoms with Crippen molar-refractivity contribution in [1.29, 1.82) is 0 Å². The molecule has 0 bridgehead atoms. The van der Waals surface area contributed by atoms with Crippen LogP contribution in [0, 0.1) is 0 Å². The van der Waals surface area contributed by atoms with E-state index in [9.17, 15) is 0 Å². The maximum atomic E-state index is 5.73. The van der Waals surface area contributed by atoms with Crippen LogP contribution in [0.15, 0.2) is 66.2 Å². The van der Waals surface area contributed by atoms with Crippen LogP contribution < -0.4 is 0 Å². The number of rotatable bonds is 2. The van der Waals surface area contributed by atoms with Gasteiger partial charge in [-0.3, -0.25) is 0 Å². The van der Waals surface area contributed by atoms with Crippen molar-refractivity contribution in [3.05, 3.63) is 72.3 Å². The number of hydrogen-bond acceptors (Lipinski definition) is 2. The third-order valence-electron chi connectivity index (χ3n) is 2.93. The normalized spacial score (nSPS) is 13.1. The Morgan fingerprint density at radius 1 is 0.944 bits per heavy atom. The molecule has 0 atom stereocenters. The molecular formula is C16H13NO. The molecule has 0 saturated carbocycles. The molecule has 2 heteroatoms. The standard InChI is InChI=1S/C16H13NO/c1-12-14-9-5-6-10-15(14)17-16(12)18-11-13-7-3-2-4-8-13/h2-10H,1,11H2. The van der Waals surface area contributed by atoms with Crippen LogP contribution in [-0.2, 0) is 11.3 Å². The summed E-state index contributed by atoms with van der Waals surface area (Å²) in [5.74, 6) is 0.625. The van der Waals surface area contributed by atoms with Crippen molar-refractivity contribution in [2.75, 3.05) is 0 Å². The highest BCUT2D eigenvalue weighted by molar-refractivity contribution is 6.24. The first-order valence-corrected chi connectivity index (χ1v) is 5.89. The van der Waals surface area contributed by atoms with Gasteiger partial charge >= 0.3 is 0 Å². The lowest BCUT2D eigenvalue weighted by Gasteiger charge is -2.06. The van der Waals surface area contributed by atoms with Crippen LogP contribution in [0.25, 0.3) is 5.57 Å². The third kappa shape index (κ3) is 1.93. The van der Waals surface area contributed by atoms with E-state index in [1.54, 1.807) is 0 Å². The summed E-state index contributed by atoms with van der Waals surface area (Å²) in [6.07, 6.45) is 0. The summed E-state index contributed by atoms with van der Waals surface area (Å²) >= 11 is 0. The van der Waals surface area contributed by atoms with E-state index in [-0.39, 0.29) is 0 Å². The smallest absolute Gasteiger partial charge is 0.221 e. The van der Waals surface area contributed by atoms with E-state index in [1.165, 1.54) is 0 Å². The molecule has 0 aliphatic carbocycles. The van der Waals surface area contributed by atoms with Crippen LogP contribution in [0.2, 0.25) is 0 Å². The van der Waals surface area contributed by atoms with E-state index in [1.807, 2.05) is 54.6 Å². The Morgan fingerprint density at radius 2 is 1.67 bits per heavy atom. The first-order valence-electron chi connectivity index (χ1n) is 5.89. The number of ether oxygens (including phenoxy) is 1. The van der Waals surface area contributed by atoms with Gasteiger partial charge in [0.05, 0.1) is 5.69 Å². The first-order chi connectivity index (χ1) is 8.84. The Balaban J connectivity index is 1.75. The van der Waals surface area contributed by atoms with Gasteiger partial charge in [0.1, 0.15) is 6.61 Å². The molecular weight excluding hydrogens is 222 g/mol. The van der Waals surface area contributed by atoms with E-state index in [2.05, 4.69) is 11.6 Å². The van der Waals surface area contributed by atoms with Crippen LogP contribution in [-0.4, -0.2) is 5.90 Å². The summed E-state index contributed by atoms with van der Waals surface area (Å²) in [5, 5.41) is 0. The number of hydrogen-bond donors (Lipinski definition) is 0. The predicted molar refractivity (Wildman–Crippen MR) is 73.8 cm³/mol. The maximum Gasteiger partial charge on any atom is 0.221 e. The van der Waals surface area contributed by atoms with Gasteiger partial charge < -0.3 is 4.74 Å². The van der Waals surface area contributed by atoms with Crippen LogP contribution in [0.5, 0.6) is 0 Å². The van der Waals surface area contributed by atoms with Crippen molar-refractivity contribution >= 4 is 17.2 Å². The Morgan fingerprint density at radius 3 is 2.44 bits per heavy atom. The third-order valence-corrected chi connectivity index (χ3v) is 2.93. The fraction of sp³-hybridized carbons (Fsp3) is 0.0625. The van der Waals surface area contributed by atoms with Gasteiger partial charge in [0.15, 0.2) is 0 Å². The van der Waals surface area contributed by atoms with Gasteiger partial charge in [0.25, 0.3) is 0 Å². The zero-order chi connectivity index (χ0) is 12.4. The number of para-hydroxylation sites is 1. The highest BCUT2D eigenvalue weighted by Gasteiger charge is 2.19. The Labute approximate surface area is 106 Å². The van der Waals surface area contributed by atoms with Crippen LogP contribution >= 0.6 is 0 Å². The predicted octanol–water partition coefficient (Wildman–Crippen LogP) is 3.96. The molecule has 2 aromatic carbocycles. The van der Waals surface area contributed by atoms with Crippen molar-refractivity contribution < 1.29 is 4.74 Å². The molecule has 18 heavy (non-hydrogen) atoms. The van der Waals surface area contributed by atoms with Crippen molar-refractivity contribution in [1.82, 2.24) is 0 Å². The Bertz CT molecular complexity index is 614. The van der Waals surface area contributed by atoms with Gasteiger partial charge in [-0.15, -0.1) is 0 Å². The zero-order valence-electron chi connectivity index (χ0n) is 9.97. The molecule has 2 aromatic rings. The summed E-state index contributed by atoms with van der Waals surface area (Å²) in [7, 11) is 0. The minimum Gasteiger partial charge on any atom is -0.472 e. The van der Waals surface area contributed by atoms with Gasteiger partial charge in [0, 0.05) is 11.1 Å². The second kappa shape index (κ2) is 4.49. The lowest BCUT2D eigenvalue weighted by molar-refractivity contribution is 0.298. The van der Waals surface area contributed by atoms with Crippen LogP contribution in [0.1, 0.15) is 11.1 Å². The molecule has 0 saturated heterocycles. The number of aliphatic imine (C=N–C) groups is 1. The van der Waals surface area contributed by atoms with E-state index in [4.69, 9.17) is 4.74 Å². The largest absolute Gasteiger partial charge is 0.472 e. The fourth-order valence-corrected chi connectivity index (χ4v) is 1.96. The average Bonchev–Trinajstić information content (AvgIpc) is 2.75. The molecule has 0 N–H and O–H groups in total. The average molecular weight is 235 g/mol. The highest BCUT2D eigenvalue weighted by atomic mass is 16.5. The van der Waals surface area contributed by atoms with E-state index in [0.29, 0.717) is 12.5 Å². The van der Waals surface area contributed by atoms with Gasteiger partial charge in [0.2, 0.25) is 5.90 Å². The lowest BCUT2D eigenvalue weighted by atomic mass is 10.1. The van der Waals surface area contributed by atoms with Crippen molar-refractivity contribution in [3.8, 4) is 0 Å². The lowest BCUT2D eigenvalue weighted by Crippen LogP contribution is -2.03. The molecule has 1 aliphatic rings. The van der Waals surface area contributed by atoms with E-state index < -0.39 is 0 Å². The van der Waals surface area contributed by atoms with E-state index in [0.717, 1.165) is 22.4 Å². The summed E-state index contributed by atoms with van der Waals surface area (Å²) in [5.41, 5.74) is 3.98. The molecule has 0 radical (unpaired) electrons. The molecule has 2 nitrogen and oxygen atoms in total. The molecule has 88 valence electrons.